The van der Waals surface area contributed by atoms with Crippen LogP contribution in [-0.2, 0) is 6.61 Å². The topological polar surface area (TPSA) is 33.0 Å². The van der Waals surface area contributed by atoms with Crippen LogP contribution >= 0.6 is 0 Å². The average molecular weight is 347 g/mol. The highest BCUT2D eigenvalue weighted by Crippen LogP contribution is 2.25. The Balaban J connectivity index is 1.87. The Morgan fingerprint density at radius 1 is 0.923 bits per heavy atom. The molecule has 0 heterocycles. The number of ether oxygens (including phenoxy) is 1. The molecule has 0 saturated carbocycles. The Kier molecular flexibility index (Phi) is 5.40. The zero-order valence-electron chi connectivity index (χ0n) is 13.8. The summed E-state index contributed by atoms with van der Waals surface area (Å²) in [5.74, 6) is -0.169. The minimum Gasteiger partial charge on any atom is -0.488 e. The smallest absolute Gasteiger partial charge is 0.127 e. The van der Waals surface area contributed by atoms with Gasteiger partial charge in [-0.1, -0.05) is 42.5 Å². The molecular formula is C22H15F2NO. The number of hydrogen-bond acceptors (Lipinski definition) is 2. The van der Waals surface area contributed by atoms with Crippen LogP contribution in [-0.4, -0.2) is 0 Å². The molecule has 0 unspecified atom stereocenters. The van der Waals surface area contributed by atoms with Crippen LogP contribution < -0.4 is 4.74 Å². The van der Waals surface area contributed by atoms with Gasteiger partial charge >= 0.3 is 0 Å². The lowest BCUT2D eigenvalue weighted by molar-refractivity contribution is 0.305. The van der Waals surface area contributed by atoms with E-state index in [4.69, 9.17) is 4.74 Å². The van der Waals surface area contributed by atoms with Gasteiger partial charge < -0.3 is 4.74 Å². The number of nitrogens with zero attached hydrogens (tertiary/aromatic N) is 1. The fourth-order valence-corrected chi connectivity index (χ4v) is 2.51. The molecule has 0 N–H and O–H groups in total. The Labute approximate surface area is 150 Å². The van der Waals surface area contributed by atoms with Crippen molar-refractivity contribution < 1.29 is 13.5 Å². The van der Waals surface area contributed by atoms with Gasteiger partial charge in [-0.05, 0) is 47.5 Å². The van der Waals surface area contributed by atoms with E-state index in [0.29, 0.717) is 28.0 Å². The molecule has 3 aromatic rings. The third kappa shape index (κ3) is 4.34. The largest absolute Gasteiger partial charge is 0.488 e. The van der Waals surface area contributed by atoms with Gasteiger partial charge in [0.2, 0.25) is 0 Å². The zero-order valence-corrected chi connectivity index (χ0v) is 13.8. The molecule has 128 valence electrons. The van der Waals surface area contributed by atoms with E-state index in [0.717, 1.165) is 0 Å². The van der Waals surface area contributed by atoms with E-state index in [1.54, 1.807) is 42.5 Å². The molecule has 0 atom stereocenters. The first-order valence-corrected chi connectivity index (χ1v) is 8.00. The first-order valence-electron chi connectivity index (χ1n) is 8.00. The summed E-state index contributed by atoms with van der Waals surface area (Å²) in [6.07, 6.45) is 1.65. The van der Waals surface area contributed by atoms with E-state index >= 15 is 0 Å². The van der Waals surface area contributed by atoms with Crippen LogP contribution in [0.1, 0.15) is 16.7 Å². The lowest BCUT2D eigenvalue weighted by Gasteiger charge is -2.10. The summed E-state index contributed by atoms with van der Waals surface area (Å²) >= 11 is 0. The summed E-state index contributed by atoms with van der Waals surface area (Å²) < 4.78 is 32.5. The van der Waals surface area contributed by atoms with Crippen molar-refractivity contribution in [1.29, 1.82) is 5.26 Å². The number of benzene rings is 3. The highest BCUT2D eigenvalue weighted by Gasteiger charge is 2.07. The molecule has 0 fully saturated rings. The van der Waals surface area contributed by atoms with Gasteiger partial charge in [0.25, 0.3) is 0 Å². The lowest BCUT2D eigenvalue weighted by atomic mass is 10.0. The normalized spacial score (nSPS) is 11.0. The van der Waals surface area contributed by atoms with Crippen molar-refractivity contribution in [3.63, 3.8) is 0 Å². The van der Waals surface area contributed by atoms with Gasteiger partial charge in [-0.15, -0.1) is 0 Å². The third-order valence-corrected chi connectivity index (χ3v) is 3.76. The van der Waals surface area contributed by atoms with Crippen LogP contribution in [0.4, 0.5) is 8.78 Å². The minimum absolute atomic E-state index is 0.199. The number of para-hydroxylation sites is 1. The van der Waals surface area contributed by atoms with Crippen LogP contribution in [0.3, 0.4) is 0 Å². The summed E-state index contributed by atoms with van der Waals surface area (Å²) in [4.78, 5) is 0. The van der Waals surface area contributed by atoms with Gasteiger partial charge in [0.15, 0.2) is 0 Å². The first-order chi connectivity index (χ1) is 12.7. The fraction of sp³-hybridized carbons (Fsp3) is 0.0455. The molecule has 0 saturated heterocycles. The molecule has 0 spiro atoms. The van der Waals surface area contributed by atoms with E-state index in [-0.39, 0.29) is 12.4 Å². The highest BCUT2D eigenvalue weighted by molar-refractivity contribution is 5.90. The van der Waals surface area contributed by atoms with Gasteiger partial charge in [-0.3, -0.25) is 0 Å². The van der Waals surface area contributed by atoms with Gasteiger partial charge in [0, 0.05) is 5.56 Å². The van der Waals surface area contributed by atoms with Gasteiger partial charge in [0.05, 0.1) is 11.6 Å². The van der Waals surface area contributed by atoms with Crippen LogP contribution in [0.2, 0.25) is 0 Å². The average Bonchev–Trinajstić information content (AvgIpc) is 2.65. The third-order valence-electron chi connectivity index (χ3n) is 3.76. The van der Waals surface area contributed by atoms with E-state index in [1.165, 1.54) is 24.3 Å². The second-order valence-corrected chi connectivity index (χ2v) is 5.64. The maximum atomic E-state index is 13.4. The van der Waals surface area contributed by atoms with Gasteiger partial charge in [-0.25, -0.2) is 8.78 Å². The van der Waals surface area contributed by atoms with E-state index in [9.17, 15) is 14.0 Å². The predicted octanol–water partition coefficient (Wildman–Crippen LogP) is 5.61. The molecule has 4 heteroatoms. The Morgan fingerprint density at radius 2 is 1.65 bits per heavy atom. The molecule has 0 aliphatic rings. The lowest BCUT2D eigenvalue weighted by Crippen LogP contribution is -1.97. The molecule has 0 radical (unpaired) electrons. The van der Waals surface area contributed by atoms with Gasteiger partial charge in [0.1, 0.15) is 24.0 Å². The van der Waals surface area contributed by atoms with Crippen molar-refractivity contribution in [3.8, 4) is 11.8 Å². The Bertz CT molecular complexity index is 989. The Morgan fingerprint density at radius 3 is 2.38 bits per heavy atom. The van der Waals surface area contributed by atoms with Crippen LogP contribution in [0.5, 0.6) is 5.75 Å². The van der Waals surface area contributed by atoms with Crippen LogP contribution in [0, 0.1) is 23.0 Å². The monoisotopic (exact) mass is 347 g/mol. The molecule has 2 nitrogen and oxygen atoms in total. The van der Waals surface area contributed by atoms with Crippen molar-refractivity contribution in [2.75, 3.05) is 0 Å². The summed E-state index contributed by atoms with van der Waals surface area (Å²) in [6, 6.07) is 21.3. The van der Waals surface area contributed by atoms with Crippen molar-refractivity contribution in [2.45, 2.75) is 6.61 Å². The Hall–Kier alpha value is -3.45. The van der Waals surface area contributed by atoms with Crippen molar-refractivity contribution in [3.05, 3.63) is 101 Å². The molecule has 3 rings (SSSR count). The fourth-order valence-electron chi connectivity index (χ4n) is 2.51. The summed E-state index contributed by atoms with van der Waals surface area (Å²) in [5, 5.41) is 9.44. The molecule has 3 aromatic carbocycles. The quantitative estimate of drug-likeness (QED) is 0.444. The van der Waals surface area contributed by atoms with Crippen molar-refractivity contribution in [1.82, 2.24) is 0 Å². The van der Waals surface area contributed by atoms with E-state index in [2.05, 4.69) is 6.07 Å². The number of rotatable bonds is 5. The van der Waals surface area contributed by atoms with Crippen molar-refractivity contribution in [2.24, 2.45) is 0 Å². The van der Waals surface area contributed by atoms with Crippen LogP contribution in [0.25, 0.3) is 11.6 Å². The molecular weight excluding hydrogens is 332 g/mol. The summed E-state index contributed by atoms with van der Waals surface area (Å²) in [6.45, 7) is 0.199. The molecule has 0 aliphatic heterocycles. The van der Waals surface area contributed by atoms with Gasteiger partial charge in [-0.2, -0.15) is 5.26 Å². The molecule has 0 amide bonds. The maximum absolute atomic E-state index is 13.4. The van der Waals surface area contributed by atoms with E-state index in [1.807, 2.05) is 12.1 Å². The van der Waals surface area contributed by atoms with Crippen molar-refractivity contribution >= 4 is 11.6 Å². The number of hydrogen-bond donors (Lipinski definition) is 0. The minimum atomic E-state index is -0.403. The van der Waals surface area contributed by atoms with E-state index < -0.39 is 5.82 Å². The SMILES string of the molecule is N#C/C(=C/c1ccccc1OCc1cccc(F)c1)c1cccc(F)c1. The first kappa shape index (κ1) is 17.4. The maximum Gasteiger partial charge on any atom is 0.127 e. The molecule has 0 aromatic heterocycles. The standard InChI is InChI=1S/C22H15F2NO/c23-20-8-3-5-16(11-20)15-26-22-10-2-1-6-18(22)12-19(14-25)17-7-4-9-21(24)13-17/h1-13H,15H2/b19-12-. The highest BCUT2D eigenvalue weighted by atomic mass is 19.1. The molecule has 26 heavy (non-hydrogen) atoms. The zero-order chi connectivity index (χ0) is 18.4. The number of allylic oxidation sites excluding steroid dienone is 1. The summed E-state index contributed by atoms with van der Waals surface area (Å²) in [5.41, 5.74) is 2.21. The number of nitriles is 1. The number of halogens is 2. The predicted molar refractivity (Wildman–Crippen MR) is 97.1 cm³/mol. The molecule has 0 aliphatic carbocycles. The second-order valence-electron chi connectivity index (χ2n) is 5.64. The second kappa shape index (κ2) is 8.09. The summed E-state index contributed by atoms with van der Waals surface area (Å²) in [7, 11) is 0. The van der Waals surface area contributed by atoms with Crippen LogP contribution in [0.15, 0.2) is 72.8 Å². The molecule has 0 bridgehead atoms.